The summed E-state index contributed by atoms with van der Waals surface area (Å²) in [5.74, 6) is -1.54. The van der Waals surface area contributed by atoms with Gasteiger partial charge in [-0.2, -0.15) is 0 Å². The molecule has 1 aliphatic rings. The standard InChI is InChI=1S/C13H23N3O5/c1-9(2)16(7-11(14)17)13(20)15-5-3-10(4-6-15)21-8-12(18)19/h9-10H,3-8H2,1-2H3,(H2,14,17)(H,18,19). The van der Waals surface area contributed by atoms with E-state index in [0.717, 1.165) is 0 Å². The minimum atomic E-state index is -0.999. The zero-order valence-electron chi connectivity index (χ0n) is 12.4. The van der Waals surface area contributed by atoms with Crippen LogP contribution in [0.15, 0.2) is 0 Å². The molecule has 0 radical (unpaired) electrons. The van der Waals surface area contributed by atoms with Crippen LogP contribution in [0, 0.1) is 0 Å². The highest BCUT2D eigenvalue weighted by Gasteiger charge is 2.28. The number of piperidine rings is 1. The summed E-state index contributed by atoms with van der Waals surface area (Å²) in [7, 11) is 0. The highest BCUT2D eigenvalue weighted by atomic mass is 16.5. The molecule has 3 N–H and O–H groups in total. The number of primary amides is 1. The Hall–Kier alpha value is -1.83. The van der Waals surface area contributed by atoms with Crippen molar-refractivity contribution in [3.8, 4) is 0 Å². The van der Waals surface area contributed by atoms with E-state index in [1.807, 2.05) is 13.8 Å². The number of carbonyl (C=O) groups is 3. The van der Waals surface area contributed by atoms with Crippen LogP contribution in [0.1, 0.15) is 26.7 Å². The van der Waals surface area contributed by atoms with Gasteiger partial charge in [0, 0.05) is 19.1 Å². The Labute approximate surface area is 123 Å². The number of carboxylic acid groups (broad SMARTS) is 1. The highest BCUT2D eigenvalue weighted by Crippen LogP contribution is 2.16. The van der Waals surface area contributed by atoms with Gasteiger partial charge in [0.2, 0.25) is 5.91 Å². The number of nitrogens with two attached hydrogens (primary N) is 1. The third-order valence-electron chi connectivity index (χ3n) is 3.35. The van der Waals surface area contributed by atoms with Crippen LogP contribution in [-0.4, -0.2) is 71.2 Å². The van der Waals surface area contributed by atoms with E-state index in [9.17, 15) is 14.4 Å². The van der Waals surface area contributed by atoms with Gasteiger partial charge in [-0.25, -0.2) is 9.59 Å². The summed E-state index contributed by atoms with van der Waals surface area (Å²) in [5.41, 5.74) is 5.16. The number of carbonyl (C=O) groups excluding carboxylic acids is 2. The average molecular weight is 301 g/mol. The number of carboxylic acids is 1. The van der Waals surface area contributed by atoms with Crippen LogP contribution in [0.2, 0.25) is 0 Å². The van der Waals surface area contributed by atoms with Crippen LogP contribution >= 0.6 is 0 Å². The summed E-state index contributed by atoms with van der Waals surface area (Å²) in [6.07, 6.45) is 1.03. The van der Waals surface area contributed by atoms with Gasteiger partial charge in [-0.15, -0.1) is 0 Å². The van der Waals surface area contributed by atoms with Crippen LogP contribution in [0.25, 0.3) is 0 Å². The minimum absolute atomic E-state index is 0.105. The van der Waals surface area contributed by atoms with Gasteiger partial charge in [0.05, 0.1) is 6.10 Å². The van der Waals surface area contributed by atoms with Gasteiger partial charge in [0.15, 0.2) is 0 Å². The molecule has 0 spiro atoms. The number of aliphatic carboxylic acids is 1. The maximum Gasteiger partial charge on any atom is 0.329 e. The number of hydrogen-bond acceptors (Lipinski definition) is 4. The number of likely N-dealkylation sites (tertiary alicyclic amines) is 1. The molecular formula is C13H23N3O5. The first kappa shape index (κ1) is 17.2. The molecule has 0 aromatic carbocycles. The molecule has 1 rings (SSSR count). The summed E-state index contributed by atoms with van der Waals surface area (Å²) in [6.45, 7) is 4.17. The van der Waals surface area contributed by atoms with Crippen LogP contribution in [0.4, 0.5) is 4.79 Å². The van der Waals surface area contributed by atoms with E-state index < -0.39 is 11.9 Å². The van der Waals surface area contributed by atoms with E-state index in [1.165, 1.54) is 4.90 Å². The summed E-state index contributed by atoms with van der Waals surface area (Å²) >= 11 is 0. The SMILES string of the molecule is CC(C)N(CC(N)=O)C(=O)N1CCC(OCC(=O)O)CC1. The van der Waals surface area contributed by atoms with E-state index in [0.29, 0.717) is 25.9 Å². The number of urea groups is 1. The van der Waals surface area contributed by atoms with Crippen molar-refractivity contribution in [3.63, 3.8) is 0 Å². The van der Waals surface area contributed by atoms with Crippen molar-refractivity contribution in [3.05, 3.63) is 0 Å². The van der Waals surface area contributed by atoms with E-state index >= 15 is 0 Å². The largest absolute Gasteiger partial charge is 0.480 e. The van der Waals surface area contributed by atoms with Gasteiger partial charge >= 0.3 is 12.0 Å². The second-order valence-electron chi connectivity index (χ2n) is 5.36. The monoisotopic (exact) mass is 301 g/mol. The van der Waals surface area contributed by atoms with Gasteiger partial charge in [-0.1, -0.05) is 0 Å². The number of rotatable bonds is 6. The number of amides is 3. The van der Waals surface area contributed by atoms with E-state index in [1.54, 1.807) is 4.90 Å². The van der Waals surface area contributed by atoms with E-state index in [4.69, 9.17) is 15.6 Å². The molecule has 1 saturated heterocycles. The fourth-order valence-electron chi connectivity index (χ4n) is 2.22. The summed E-state index contributed by atoms with van der Waals surface area (Å²) in [5, 5.41) is 8.56. The summed E-state index contributed by atoms with van der Waals surface area (Å²) < 4.78 is 5.22. The molecule has 0 saturated carbocycles. The minimum Gasteiger partial charge on any atom is -0.480 e. The fraction of sp³-hybridized carbons (Fsp3) is 0.769. The van der Waals surface area contributed by atoms with Crippen molar-refractivity contribution >= 4 is 17.9 Å². The topological polar surface area (TPSA) is 113 Å². The Kier molecular flexibility index (Phi) is 6.41. The Morgan fingerprint density at radius 2 is 1.90 bits per heavy atom. The normalized spacial score (nSPS) is 16.0. The summed E-state index contributed by atoms with van der Waals surface area (Å²) in [6, 6.07) is -0.341. The van der Waals surface area contributed by atoms with Crippen LogP contribution < -0.4 is 5.73 Å². The molecular weight excluding hydrogens is 278 g/mol. The van der Waals surface area contributed by atoms with Crippen LogP contribution in [0.5, 0.6) is 0 Å². The predicted octanol–water partition coefficient (Wildman–Crippen LogP) is -0.132. The van der Waals surface area contributed by atoms with Crippen LogP contribution in [-0.2, 0) is 14.3 Å². The third-order valence-corrected chi connectivity index (χ3v) is 3.35. The highest BCUT2D eigenvalue weighted by molar-refractivity contribution is 5.83. The first-order valence-electron chi connectivity index (χ1n) is 6.98. The van der Waals surface area contributed by atoms with Crippen molar-refractivity contribution in [2.24, 2.45) is 5.73 Å². The van der Waals surface area contributed by atoms with Gasteiger partial charge in [0.25, 0.3) is 0 Å². The van der Waals surface area contributed by atoms with E-state index in [2.05, 4.69) is 0 Å². The van der Waals surface area contributed by atoms with Crippen LogP contribution in [0.3, 0.4) is 0 Å². The van der Waals surface area contributed by atoms with Crippen molar-refractivity contribution in [2.45, 2.75) is 38.8 Å². The van der Waals surface area contributed by atoms with Gasteiger partial charge in [0.1, 0.15) is 13.2 Å². The maximum atomic E-state index is 12.4. The lowest BCUT2D eigenvalue weighted by Crippen LogP contribution is -2.52. The van der Waals surface area contributed by atoms with Crippen molar-refractivity contribution in [1.82, 2.24) is 9.80 Å². The van der Waals surface area contributed by atoms with Crippen molar-refractivity contribution in [1.29, 1.82) is 0 Å². The molecule has 0 aliphatic carbocycles. The Balaban J connectivity index is 2.49. The van der Waals surface area contributed by atoms with Crippen molar-refractivity contribution in [2.75, 3.05) is 26.2 Å². The number of ether oxygens (including phenoxy) is 1. The predicted molar refractivity (Wildman–Crippen MR) is 74.6 cm³/mol. The molecule has 3 amide bonds. The third kappa shape index (κ3) is 5.58. The molecule has 21 heavy (non-hydrogen) atoms. The number of hydrogen-bond donors (Lipinski definition) is 2. The van der Waals surface area contributed by atoms with Gasteiger partial charge < -0.3 is 25.4 Å². The lowest BCUT2D eigenvalue weighted by atomic mass is 10.1. The first-order chi connectivity index (χ1) is 9.81. The molecule has 0 unspecified atom stereocenters. The van der Waals surface area contributed by atoms with Gasteiger partial charge in [-0.3, -0.25) is 4.79 Å². The Morgan fingerprint density at radius 3 is 2.33 bits per heavy atom. The molecule has 0 aromatic heterocycles. The molecule has 8 heteroatoms. The van der Waals surface area contributed by atoms with Gasteiger partial charge in [-0.05, 0) is 26.7 Å². The lowest BCUT2D eigenvalue weighted by molar-refractivity contribution is -0.145. The van der Waals surface area contributed by atoms with Crippen molar-refractivity contribution < 1.29 is 24.2 Å². The first-order valence-corrected chi connectivity index (χ1v) is 6.98. The molecule has 120 valence electrons. The fourth-order valence-corrected chi connectivity index (χ4v) is 2.22. The smallest absolute Gasteiger partial charge is 0.329 e. The molecule has 0 atom stereocenters. The molecule has 1 aliphatic heterocycles. The Morgan fingerprint density at radius 1 is 1.33 bits per heavy atom. The molecule has 1 fully saturated rings. The quantitative estimate of drug-likeness (QED) is 0.709. The van der Waals surface area contributed by atoms with E-state index in [-0.39, 0.29) is 31.3 Å². The molecule has 1 heterocycles. The second kappa shape index (κ2) is 7.82. The second-order valence-corrected chi connectivity index (χ2v) is 5.36. The Bertz CT molecular complexity index is 391. The number of nitrogens with zero attached hydrogens (tertiary/aromatic N) is 2. The summed E-state index contributed by atoms with van der Waals surface area (Å²) in [4.78, 5) is 36.9. The average Bonchev–Trinajstić information content (AvgIpc) is 2.42. The molecule has 8 nitrogen and oxygen atoms in total. The lowest BCUT2D eigenvalue weighted by Gasteiger charge is -2.36. The zero-order chi connectivity index (χ0) is 16.0. The molecule has 0 bridgehead atoms. The molecule has 0 aromatic rings. The maximum absolute atomic E-state index is 12.4. The zero-order valence-corrected chi connectivity index (χ0v) is 12.4.